The van der Waals surface area contributed by atoms with Crippen LogP contribution in [0.5, 0.6) is 5.75 Å². The van der Waals surface area contributed by atoms with Crippen LogP contribution in [0.25, 0.3) is 0 Å². The van der Waals surface area contributed by atoms with E-state index >= 15 is 0 Å². The van der Waals surface area contributed by atoms with E-state index in [0.717, 1.165) is 6.07 Å². The van der Waals surface area contributed by atoms with Gasteiger partial charge in [-0.25, -0.2) is 4.39 Å². The quantitative estimate of drug-likeness (QED) is 0.919. The van der Waals surface area contributed by atoms with Gasteiger partial charge in [0.1, 0.15) is 11.6 Å². The van der Waals surface area contributed by atoms with Gasteiger partial charge in [-0.1, -0.05) is 0 Å². The molecular weight excluding hydrogens is 275 g/mol. The van der Waals surface area contributed by atoms with Crippen LogP contribution >= 0.6 is 0 Å². The summed E-state index contributed by atoms with van der Waals surface area (Å²) in [5, 5.41) is 2.64. The van der Waals surface area contributed by atoms with Gasteiger partial charge in [-0.15, -0.1) is 0 Å². The van der Waals surface area contributed by atoms with Gasteiger partial charge in [-0.2, -0.15) is 0 Å². The van der Waals surface area contributed by atoms with E-state index in [0.29, 0.717) is 5.69 Å². The Labute approximate surface area is 119 Å². The molecule has 1 aliphatic heterocycles. The van der Waals surface area contributed by atoms with Gasteiger partial charge in [-0.3, -0.25) is 14.6 Å². The molecule has 2 heterocycles. The number of hydrogen-bond donors (Lipinski definition) is 1. The molecule has 1 amide bonds. The second kappa shape index (κ2) is 5.32. The van der Waals surface area contributed by atoms with Crippen LogP contribution in [0.4, 0.5) is 10.1 Å². The van der Waals surface area contributed by atoms with Crippen molar-refractivity contribution in [3.05, 3.63) is 54.1 Å². The number of hydrogen-bond acceptors (Lipinski definition) is 4. The number of amides is 1. The van der Waals surface area contributed by atoms with Gasteiger partial charge in [0.05, 0.1) is 12.0 Å². The average molecular weight is 286 g/mol. The van der Waals surface area contributed by atoms with Gasteiger partial charge in [0.25, 0.3) is 5.91 Å². The van der Waals surface area contributed by atoms with Crippen molar-refractivity contribution in [3.63, 3.8) is 0 Å². The minimum Gasteiger partial charge on any atom is -0.479 e. The summed E-state index contributed by atoms with van der Waals surface area (Å²) in [4.78, 5) is 27.9. The highest BCUT2D eigenvalue weighted by molar-refractivity contribution is 6.05. The second-order valence-electron chi connectivity index (χ2n) is 4.60. The van der Waals surface area contributed by atoms with Crippen LogP contribution in [-0.4, -0.2) is 22.8 Å². The molecule has 21 heavy (non-hydrogen) atoms. The smallest absolute Gasteiger partial charge is 0.265 e. The molecule has 0 fully saturated rings. The Bertz CT molecular complexity index is 703. The normalized spacial score (nSPS) is 16.8. The van der Waals surface area contributed by atoms with Crippen molar-refractivity contribution in [3.8, 4) is 5.75 Å². The fraction of sp³-hybridized carbons (Fsp3) is 0.133. The molecule has 6 heteroatoms. The number of nitrogens with one attached hydrogen (secondary N) is 1. The SMILES string of the molecule is O=C1C[C@@H](C(=O)Nc2ccncc2)Oc2ccc(F)cc21. The van der Waals surface area contributed by atoms with Gasteiger partial charge >= 0.3 is 0 Å². The molecular formula is C15H11FN2O3. The molecule has 0 unspecified atom stereocenters. The fourth-order valence-corrected chi connectivity index (χ4v) is 2.10. The summed E-state index contributed by atoms with van der Waals surface area (Å²) in [5.74, 6) is -1.02. The molecule has 0 spiro atoms. The number of benzene rings is 1. The van der Waals surface area contributed by atoms with Crippen molar-refractivity contribution < 1.29 is 18.7 Å². The number of carbonyl (C=O) groups is 2. The number of nitrogens with zero attached hydrogens (tertiary/aromatic N) is 1. The topological polar surface area (TPSA) is 68.3 Å². The highest BCUT2D eigenvalue weighted by Crippen LogP contribution is 2.28. The standard InChI is InChI=1S/C15H11FN2O3/c16-9-1-2-13-11(7-9)12(19)8-14(21-13)15(20)18-10-3-5-17-6-4-10/h1-7,14H,8H2,(H,17,18,20)/t14-/m0/s1. The van der Waals surface area contributed by atoms with E-state index in [4.69, 9.17) is 4.74 Å². The maximum Gasteiger partial charge on any atom is 0.265 e. The molecule has 3 rings (SSSR count). The van der Waals surface area contributed by atoms with E-state index in [1.54, 1.807) is 24.5 Å². The lowest BCUT2D eigenvalue weighted by Gasteiger charge is -2.24. The Kier molecular flexibility index (Phi) is 3.35. The maximum atomic E-state index is 13.1. The number of anilines is 1. The zero-order valence-electron chi connectivity index (χ0n) is 10.9. The maximum absolute atomic E-state index is 13.1. The van der Waals surface area contributed by atoms with E-state index < -0.39 is 17.8 Å². The summed E-state index contributed by atoms with van der Waals surface area (Å²) in [5.41, 5.74) is 0.735. The molecule has 0 radical (unpaired) electrons. The molecule has 5 nitrogen and oxygen atoms in total. The third-order valence-corrected chi connectivity index (χ3v) is 3.12. The summed E-state index contributed by atoms with van der Waals surface area (Å²) in [6.45, 7) is 0. The number of Topliss-reactive ketones (excluding diaryl/α,β-unsaturated/α-hetero) is 1. The Hall–Kier alpha value is -2.76. The van der Waals surface area contributed by atoms with Gasteiger partial charge in [0.2, 0.25) is 0 Å². The molecule has 1 aromatic carbocycles. The zero-order valence-corrected chi connectivity index (χ0v) is 10.9. The van der Waals surface area contributed by atoms with Gasteiger partial charge in [0.15, 0.2) is 11.9 Å². The Morgan fingerprint density at radius 3 is 2.81 bits per heavy atom. The lowest BCUT2D eigenvalue weighted by Crippen LogP contribution is -2.38. The minimum absolute atomic E-state index is 0.118. The molecule has 0 aliphatic carbocycles. The molecule has 2 aromatic rings. The first-order valence-corrected chi connectivity index (χ1v) is 6.34. The van der Waals surface area contributed by atoms with Crippen molar-refractivity contribution in [2.24, 2.45) is 0 Å². The van der Waals surface area contributed by atoms with Crippen LogP contribution in [0.1, 0.15) is 16.8 Å². The predicted octanol–water partition coefficient (Wildman–Crippen LogP) is 2.19. The highest BCUT2D eigenvalue weighted by atomic mass is 19.1. The number of pyridine rings is 1. The number of ether oxygens (including phenoxy) is 1. The summed E-state index contributed by atoms with van der Waals surface area (Å²) < 4.78 is 18.6. The van der Waals surface area contributed by atoms with E-state index in [9.17, 15) is 14.0 Å². The zero-order chi connectivity index (χ0) is 14.8. The van der Waals surface area contributed by atoms with Crippen LogP contribution in [0, 0.1) is 5.82 Å². The number of rotatable bonds is 2. The molecule has 1 atom stereocenters. The molecule has 106 valence electrons. The Balaban J connectivity index is 1.78. The van der Waals surface area contributed by atoms with Crippen molar-refractivity contribution in [2.45, 2.75) is 12.5 Å². The van der Waals surface area contributed by atoms with Crippen LogP contribution in [-0.2, 0) is 4.79 Å². The third-order valence-electron chi connectivity index (χ3n) is 3.12. The first-order chi connectivity index (χ1) is 10.1. The van der Waals surface area contributed by atoms with Crippen molar-refractivity contribution in [1.82, 2.24) is 4.98 Å². The molecule has 0 bridgehead atoms. The fourth-order valence-electron chi connectivity index (χ4n) is 2.10. The van der Waals surface area contributed by atoms with Crippen molar-refractivity contribution >= 4 is 17.4 Å². The van der Waals surface area contributed by atoms with Gasteiger partial charge in [-0.05, 0) is 30.3 Å². The Morgan fingerprint density at radius 2 is 2.05 bits per heavy atom. The lowest BCUT2D eigenvalue weighted by molar-refractivity contribution is -0.122. The van der Waals surface area contributed by atoms with Crippen molar-refractivity contribution in [2.75, 3.05) is 5.32 Å². The first-order valence-electron chi connectivity index (χ1n) is 6.34. The third kappa shape index (κ3) is 2.74. The van der Waals surface area contributed by atoms with Crippen LogP contribution in [0.15, 0.2) is 42.7 Å². The average Bonchev–Trinajstić information content (AvgIpc) is 2.49. The summed E-state index contributed by atoms with van der Waals surface area (Å²) in [6.07, 6.45) is 2.04. The molecule has 0 saturated carbocycles. The van der Waals surface area contributed by atoms with Crippen LogP contribution in [0.3, 0.4) is 0 Å². The lowest BCUT2D eigenvalue weighted by atomic mass is 10.00. The van der Waals surface area contributed by atoms with Crippen molar-refractivity contribution in [1.29, 1.82) is 0 Å². The van der Waals surface area contributed by atoms with Gasteiger partial charge < -0.3 is 10.1 Å². The molecule has 0 saturated heterocycles. The monoisotopic (exact) mass is 286 g/mol. The molecule has 1 aromatic heterocycles. The highest BCUT2D eigenvalue weighted by Gasteiger charge is 2.31. The van der Waals surface area contributed by atoms with Crippen LogP contribution < -0.4 is 10.1 Å². The summed E-state index contributed by atoms with van der Waals surface area (Å²) in [7, 11) is 0. The number of ketones is 1. The Morgan fingerprint density at radius 1 is 1.29 bits per heavy atom. The first kappa shape index (κ1) is 13.2. The number of halogens is 1. The molecule has 1 aliphatic rings. The van der Waals surface area contributed by atoms with E-state index in [1.807, 2.05) is 0 Å². The molecule has 1 N–H and O–H groups in total. The predicted molar refractivity (Wildman–Crippen MR) is 72.6 cm³/mol. The van der Waals surface area contributed by atoms with Gasteiger partial charge in [0, 0.05) is 18.1 Å². The largest absolute Gasteiger partial charge is 0.479 e. The number of fused-ring (bicyclic) bond motifs is 1. The van der Waals surface area contributed by atoms with E-state index in [2.05, 4.69) is 10.3 Å². The second-order valence-corrected chi connectivity index (χ2v) is 4.60. The summed E-state index contributed by atoms with van der Waals surface area (Å²) in [6, 6.07) is 6.93. The number of aromatic nitrogens is 1. The van der Waals surface area contributed by atoms with E-state index in [-0.39, 0.29) is 23.5 Å². The van der Waals surface area contributed by atoms with Crippen LogP contribution in [0.2, 0.25) is 0 Å². The minimum atomic E-state index is -0.927. The van der Waals surface area contributed by atoms with E-state index in [1.165, 1.54) is 12.1 Å². The summed E-state index contributed by atoms with van der Waals surface area (Å²) >= 11 is 0. The number of carbonyl (C=O) groups excluding carboxylic acids is 2.